The van der Waals surface area contributed by atoms with Crippen molar-refractivity contribution < 1.29 is 4.79 Å². The van der Waals surface area contributed by atoms with Crippen molar-refractivity contribution in [1.29, 1.82) is 0 Å². The molecule has 0 N–H and O–H groups in total. The summed E-state index contributed by atoms with van der Waals surface area (Å²) in [6, 6.07) is 11.9. The molecular formula is C14H9BrO. The Labute approximate surface area is 102 Å². The smallest absolute Gasteiger partial charge is 0.194 e. The van der Waals surface area contributed by atoms with Crippen LogP contribution < -0.4 is 0 Å². The van der Waals surface area contributed by atoms with Gasteiger partial charge in [-0.15, -0.1) is 0 Å². The second-order valence-corrected chi connectivity index (χ2v) is 4.98. The van der Waals surface area contributed by atoms with E-state index in [1.54, 1.807) is 0 Å². The van der Waals surface area contributed by atoms with Crippen molar-refractivity contribution in [2.24, 2.45) is 0 Å². The van der Waals surface area contributed by atoms with Crippen molar-refractivity contribution in [2.45, 2.75) is 6.92 Å². The molecule has 0 atom stereocenters. The highest BCUT2D eigenvalue weighted by Gasteiger charge is 2.26. The number of carbonyl (C=O) groups excluding carboxylic acids is 1. The maximum Gasteiger partial charge on any atom is 0.194 e. The molecule has 78 valence electrons. The van der Waals surface area contributed by atoms with Crippen LogP contribution >= 0.6 is 15.9 Å². The third-order valence-corrected chi connectivity index (χ3v) is 3.43. The van der Waals surface area contributed by atoms with E-state index in [-0.39, 0.29) is 5.78 Å². The Morgan fingerprint density at radius 3 is 2.25 bits per heavy atom. The molecule has 0 aliphatic heterocycles. The van der Waals surface area contributed by atoms with Gasteiger partial charge in [-0.3, -0.25) is 4.79 Å². The quantitative estimate of drug-likeness (QED) is 0.605. The topological polar surface area (TPSA) is 17.1 Å². The van der Waals surface area contributed by atoms with Gasteiger partial charge in [-0.25, -0.2) is 0 Å². The van der Waals surface area contributed by atoms with Gasteiger partial charge in [0.05, 0.1) is 0 Å². The van der Waals surface area contributed by atoms with E-state index in [1.165, 1.54) is 0 Å². The zero-order valence-electron chi connectivity index (χ0n) is 8.75. The van der Waals surface area contributed by atoms with E-state index in [0.29, 0.717) is 0 Å². The van der Waals surface area contributed by atoms with Crippen LogP contribution in [0.4, 0.5) is 0 Å². The van der Waals surface area contributed by atoms with Gasteiger partial charge in [0, 0.05) is 15.6 Å². The van der Waals surface area contributed by atoms with Crippen LogP contribution in [0.1, 0.15) is 21.5 Å². The van der Waals surface area contributed by atoms with Crippen LogP contribution in [0.15, 0.2) is 40.9 Å². The van der Waals surface area contributed by atoms with Crippen molar-refractivity contribution in [3.05, 3.63) is 57.6 Å². The molecule has 1 nitrogen and oxygen atoms in total. The summed E-state index contributed by atoms with van der Waals surface area (Å²) < 4.78 is 0.948. The maximum absolute atomic E-state index is 12.2. The molecule has 2 heteroatoms. The first-order valence-electron chi connectivity index (χ1n) is 5.12. The van der Waals surface area contributed by atoms with Gasteiger partial charge in [0.2, 0.25) is 0 Å². The zero-order valence-corrected chi connectivity index (χ0v) is 10.3. The summed E-state index contributed by atoms with van der Waals surface area (Å²) >= 11 is 3.40. The largest absolute Gasteiger partial charge is 0.289 e. The Bertz CT molecular complexity index is 561. The number of carbonyl (C=O) groups is 1. The molecule has 0 fully saturated rings. The van der Waals surface area contributed by atoms with Gasteiger partial charge in [0.15, 0.2) is 5.78 Å². The Hall–Kier alpha value is -1.41. The van der Waals surface area contributed by atoms with E-state index in [9.17, 15) is 4.79 Å². The van der Waals surface area contributed by atoms with Gasteiger partial charge in [0.1, 0.15) is 0 Å². The molecule has 0 saturated heterocycles. The second kappa shape index (κ2) is 3.29. The van der Waals surface area contributed by atoms with Crippen molar-refractivity contribution in [3.8, 4) is 11.1 Å². The molecular weight excluding hydrogens is 264 g/mol. The van der Waals surface area contributed by atoms with Crippen LogP contribution in [0, 0.1) is 6.92 Å². The monoisotopic (exact) mass is 272 g/mol. The first-order chi connectivity index (χ1) is 7.66. The van der Waals surface area contributed by atoms with Gasteiger partial charge in [-0.1, -0.05) is 39.7 Å². The Morgan fingerprint density at radius 2 is 1.50 bits per heavy atom. The van der Waals surface area contributed by atoms with E-state index in [0.717, 1.165) is 32.3 Å². The molecule has 16 heavy (non-hydrogen) atoms. The molecule has 1 aliphatic rings. The summed E-state index contributed by atoms with van der Waals surface area (Å²) in [6.07, 6.45) is 0. The lowest BCUT2D eigenvalue weighted by Crippen LogP contribution is -1.95. The lowest BCUT2D eigenvalue weighted by atomic mass is 10.0. The molecule has 2 aromatic rings. The summed E-state index contributed by atoms with van der Waals surface area (Å²) in [7, 11) is 0. The number of ketones is 1. The normalized spacial score (nSPS) is 12.5. The zero-order chi connectivity index (χ0) is 11.3. The van der Waals surface area contributed by atoms with Gasteiger partial charge in [0.25, 0.3) is 0 Å². The van der Waals surface area contributed by atoms with Gasteiger partial charge < -0.3 is 0 Å². The number of aryl methyl sites for hydroxylation is 1. The van der Waals surface area contributed by atoms with Crippen molar-refractivity contribution >= 4 is 21.7 Å². The van der Waals surface area contributed by atoms with Crippen LogP contribution in [0.3, 0.4) is 0 Å². The molecule has 2 aromatic carbocycles. The maximum atomic E-state index is 12.2. The number of hydrogen-bond acceptors (Lipinski definition) is 1. The predicted molar refractivity (Wildman–Crippen MR) is 67.7 cm³/mol. The van der Waals surface area contributed by atoms with E-state index in [4.69, 9.17) is 0 Å². The average Bonchev–Trinajstić information content (AvgIpc) is 2.53. The van der Waals surface area contributed by atoms with Crippen molar-refractivity contribution in [3.63, 3.8) is 0 Å². The first-order valence-corrected chi connectivity index (χ1v) is 5.91. The molecule has 0 radical (unpaired) electrons. The molecule has 0 spiro atoms. The molecule has 0 amide bonds. The predicted octanol–water partition coefficient (Wildman–Crippen LogP) is 3.97. The molecule has 0 unspecified atom stereocenters. The van der Waals surface area contributed by atoms with Crippen LogP contribution in [0.2, 0.25) is 0 Å². The number of benzene rings is 2. The van der Waals surface area contributed by atoms with Crippen LogP contribution in [0.5, 0.6) is 0 Å². The number of halogens is 1. The average molecular weight is 273 g/mol. The standard InChI is InChI=1S/C14H9BrO/c1-8-2-4-10-11-5-3-9(15)7-13(11)14(16)12(10)6-8/h2-7H,1H3. The van der Waals surface area contributed by atoms with E-state index >= 15 is 0 Å². The SMILES string of the molecule is Cc1ccc2c(c1)C(=O)c1cc(Br)ccc1-2. The first kappa shape index (κ1) is 9.79. The van der Waals surface area contributed by atoms with Crippen LogP contribution in [0.25, 0.3) is 11.1 Å². The molecule has 0 bridgehead atoms. The van der Waals surface area contributed by atoms with Crippen molar-refractivity contribution in [1.82, 2.24) is 0 Å². The molecule has 0 heterocycles. The van der Waals surface area contributed by atoms with Gasteiger partial charge in [-0.2, -0.15) is 0 Å². The van der Waals surface area contributed by atoms with Gasteiger partial charge >= 0.3 is 0 Å². The minimum Gasteiger partial charge on any atom is -0.289 e. The number of fused-ring (bicyclic) bond motifs is 3. The molecule has 0 aromatic heterocycles. The fourth-order valence-electron chi connectivity index (χ4n) is 2.17. The minimum absolute atomic E-state index is 0.134. The third-order valence-electron chi connectivity index (χ3n) is 2.94. The Balaban J connectivity index is 2.34. The van der Waals surface area contributed by atoms with Crippen LogP contribution in [-0.2, 0) is 0 Å². The van der Waals surface area contributed by atoms with E-state index in [2.05, 4.69) is 15.9 Å². The second-order valence-electron chi connectivity index (χ2n) is 4.07. The van der Waals surface area contributed by atoms with E-state index in [1.807, 2.05) is 43.3 Å². The summed E-state index contributed by atoms with van der Waals surface area (Å²) in [5.41, 5.74) is 4.85. The molecule has 0 saturated carbocycles. The molecule has 1 aliphatic carbocycles. The fraction of sp³-hybridized carbons (Fsp3) is 0.0714. The number of hydrogen-bond donors (Lipinski definition) is 0. The van der Waals surface area contributed by atoms with Crippen LogP contribution in [-0.4, -0.2) is 5.78 Å². The minimum atomic E-state index is 0.134. The Kier molecular flexibility index (Phi) is 2.01. The summed E-state index contributed by atoms with van der Waals surface area (Å²) in [6.45, 7) is 2.01. The molecule has 3 rings (SSSR count). The highest BCUT2D eigenvalue weighted by Crippen LogP contribution is 2.37. The highest BCUT2D eigenvalue weighted by molar-refractivity contribution is 9.10. The fourth-order valence-corrected chi connectivity index (χ4v) is 2.53. The van der Waals surface area contributed by atoms with E-state index < -0.39 is 0 Å². The number of rotatable bonds is 0. The lowest BCUT2D eigenvalue weighted by molar-refractivity contribution is 0.104. The third kappa shape index (κ3) is 1.26. The highest BCUT2D eigenvalue weighted by atomic mass is 79.9. The lowest BCUT2D eigenvalue weighted by Gasteiger charge is -2.00. The summed E-state index contributed by atoms with van der Waals surface area (Å²) in [4.78, 5) is 12.2. The Morgan fingerprint density at radius 1 is 0.875 bits per heavy atom. The van der Waals surface area contributed by atoms with Crippen molar-refractivity contribution in [2.75, 3.05) is 0 Å². The summed E-state index contributed by atoms with van der Waals surface area (Å²) in [5.74, 6) is 0.134. The summed E-state index contributed by atoms with van der Waals surface area (Å²) in [5, 5.41) is 0. The van der Waals surface area contributed by atoms with Gasteiger partial charge in [-0.05, 0) is 36.2 Å².